The SMILES string of the molecule is CC1(Nc2ccc(I)cc2[N+](=O)[O-])CC1. The van der Waals surface area contributed by atoms with Crippen molar-refractivity contribution in [2.24, 2.45) is 0 Å². The first-order valence-electron chi connectivity index (χ1n) is 4.72. The van der Waals surface area contributed by atoms with Crippen molar-refractivity contribution in [2.75, 3.05) is 5.32 Å². The lowest BCUT2D eigenvalue weighted by Crippen LogP contribution is -2.16. The number of nitrogens with one attached hydrogen (secondary N) is 1. The van der Waals surface area contributed by atoms with E-state index in [1.54, 1.807) is 12.1 Å². The van der Waals surface area contributed by atoms with Crippen molar-refractivity contribution >= 4 is 34.0 Å². The van der Waals surface area contributed by atoms with Gasteiger partial charge >= 0.3 is 0 Å². The summed E-state index contributed by atoms with van der Waals surface area (Å²) in [5.74, 6) is 0. The molecule has 0 atom stereocenters. The molecule has 0 aliphatic heterocycles. The van der Waals surface area contributed by atoms with Gasteiger partial charge in [0.2, 0.25) is 0 Å². The molecule has 1 aromatic rings. The Balaban J connectivity index is 2.32. The summed E-state index contributed by atoms with van der Waals surface area (Å²) in [6.45, 7) is 2.08. The van der Waals surface area contributed by atoms with Crippen molar-refractivity contribution in [3.8, 4) is 0 Å². The van der Waals surface area contributed by atoms with E-state index in [1.165, 1.54) is 0 Å². The number of benzene rings is 1. The number of anilines is 1. The second-order valence-electron chi connectivity index (χ2n) is 4.10. The van der Waals surface area contributed by atoms with Crippen molar-refractivity contribution in [1.29, 1.82) is 0 Å². The highest BCUT2D eigenvalue weighted by atomic mass is 127. The van der Waals surface area contributed by atoms with Crippen LogP contribution in [0.25, 0.3) is 0 Å². The third-order valence-corrected chi connectivity index (χ3v) is 3.26. The standard InChI is InChI=1S/C10H11IN2O2/c1-10(4-5-10)12-8-3-2-7(11)6-9(8)13(14)15/h2-3,6,12H,4-5H2,1H3. The van der Waals surface area contributed by atoms with Crippen LogP contribution in [0.15, 0.2) is 18.2 Å². The summed E-state index contributed by atoms with van der Waals surface area (Å²) in [5, 5.41) is 14.1. The number of rotatable bonds is 3. The molecular weight excluding hydrogens is 307 g/mol. The van der Waals surface area contributed by atoms with E-state index < -0.39 is 0 Å². The van der Waals surface area contributed by atoms with E-state index in [9.17, 15) is 10.1 Å². The molecule has 4 nitrogen and oxygen atoms in total. The normalized spacial score (nSPS) is 17.2. The highest BCUT2D eigenvalue weighted by molar-refractivity contribution is 14.1. The van der Waals surface area contributed by atoms with Crippen LogP contribution in [0, 0.1) is 13.7 Å². The van der Waals surface area contributed by atoms with E-state index in [0.29, 0.717) is 5.69 Å². The summed E-state index contributed by atoms with van der Waals surface area (Å²) >= 11 is 2.08. The number of nitrogens with zero attached hydrogens (tertiary/aromatic N) is 1. The van der Waals surface area contributed by atoms with Gasteiger partial charge in [-0.25, -0.2) is 0 Å². The van der Waals surface area contributed by atoms with E-state index in [-0.39, 0.29) is 16.1 Å². The summed E-state index contributed by atoms with van der Waals surface area (Å²) in [7, 11) is 0. The summed E-state index contributed by atoms with van der Waals surface area (Å²) < 4.78 is 0.880. The molecular formula is C10H11IN2O2. The van der Waals surface area contributed by atoms with Crippen LogP contribution in [0.3, 0.4) is 0 Å². The third kappa shape index (κ3) is 2.39. The number of hydrogen-bond donors (Lipinski definition) is 1. The zero-order valence-corrected chi connectivity index (χ0v) is 10.4. The van der Waals surface area contributed by atoms with Gasteiger partial charge in [-0.1, -0.05) is 0 Å². The molecule has 0 amide bonds. The summed E-state index contributed by atoms with van der Waals surface area (Å²) in [5.41, 5.74) is 0.854. The second-order valence-corrected chi connectivity index (χ2v) is 5.35. The van der Waals surface area contributed by atoms with Crippen molar-refractivity contribution in [1.82, 2.24) is 0 Å². The Morgan fingerprint density at radius 2 is 2.20 bits per heavy atom. The maximum Gasteiger partial charge on any atom is 0.293 e. The average molecular weight is 318 g/mol. The van der Waals surface area contributed by atoms with Gasteiger partial charge in [0, 0.05) is 15.2 Å². The lowest BCUT2D eigenvalue weighted by Gasteiger charge is -2.13. The van der Waals surface area contributed by atoms with Crippen molar-refractivity contribution in [3.05, 3.63) is 31.9 Å². The molecule has 1 aromatic carbocycles. The Hall–Kier alpha value is -0.850. The van der Waals surface area contributed by atoms with Gasteiger partial charge in [0.1, 0.15) is 5.69 Å². The van der Waals surface area contributed by atoms with E-state index >= 15 is 0 Å². The Kier molecular flexibility index (Phi) is 2.57. The molecule has 2 rings (SSSR count). The molecule has 1 aliphatic carbocycles. The molecule has 1 aliphatic rings. The second kappa shape index (κ2) is 3.62. The average Bonchev–Trinajstić information content (AvgIpc) is 2.87. The van der Waals surface area contributed by atoms with Gasteiger partial charge in [-0.15, -0.1) is 0 Å². The molecule has 1 saturated carbocycles. The van der Waals surface area contributed by atoms with Crippen LogP contribution in [-0.4, -0.2) is 10.5 Å². The molecule has 5 heteroatoms. The van der Waals surface area contributed by atoms with Crippen LogP contribution in [0.5, 0.6) is 0 Å². The Morgan fingerprint density at radius 1 is 1.53 bits per heavy atom. The van der Waals surface area contributed by atoms with Crippen LogP contribution in [-0.2, 0) is 0 Å². The highest BCUT2D eigenvalue weighted by Gasteiger charge is 2.38. The van der Waals surface area contributed by atoms with Crippen LogP contribution in [0.1, 0.15) is 19.8 Å². The topological polar surface area (TPSA) is 55.2 Å². The molecule has 0 saturated heterocycles. The van der Waals surface area contributed by atoms with Crippen LogP contribution < -0.4 is 5.32 Å². The predicted molar refractivity (Wildman–Crippen MR) is 67.1 cm³/mol. The molecule has 0 spiro atoms. The number of nitro benzene ring substituents is 1. The minimum Gasteiger partial charge on any atom is -0.374 e. The van der Waals surface area contributed by atoms with Crippen molar-refractivity contribution in [2.45, 2.75) is 25.3 Å². The Bertz CT molecular complexity index is 416. The van der Waals surface area contributed by atoms with Gasteiger partial charge in [-0.3, -0.25) is 10.1 Å². The molecule has 0 radical (unpaired) electrons. The minimum absolute atomic E-state index is 0.0670. The largest absolute Gasteiger partial charge is 0.374 e. The highest BCUT2D eigenvalue weighted by Crippen LogP contribution is 2.40. The van der Waals surface area contributed by atoms with Gasteiger partial charge in [0.25, 0.3) is 5.69 Å². The predicted octanol–water partition coefficient (Wildman–Crippen LogP) is 3.16. The first kappa shape index (κ1) is 10.7. The number of halogens is 1. The zero-order valence-electron chi connectivity index (χ0n) is 8.29. The summed E-state index contributed by atoms with van der Waals surface area (Å²) in [6, 6.07) is 5.25. The fourth-order valence-corrected chi connectivity index (χ4v) is 1.87. The van der Waals surface area contributed by atoms with E-state index in [0.717, 1.165) is 16.4 Å². The monoisotopic (exact) mass is 318 g/mol. The van der Waals surface area contributed by atoms with Gasteiger partial charge < -0.3 is 5.32 Å². The molecule has 1 fully saturated rings. The van der Waals surface area contributed by atoms with Crippen LogP contribution in [0.4, 0.5) is 11.4 Å². The van der Waals surface area contributed by atoms with Gasteiger partial charge in [0.05, 0.1) is 4.92 Å². The van der Waals surface area contributed by atoms with Crippen molar-refractivity contribution in [3.63, 3.8) is 0 Å². The fraction of sp³-hybridized carbons (Fsp3) is 0.400. The molecule has 1 N–H and O–H groups in total. The summed E-state index contributed by atoms with van der Waals surface area (Å²) in [6.07, 6.45) is 2.16. The van der Waals surface area contributed by atoms with Crippen molar-refractivity contribution < 1.29 is 4.92 Å². The maximum absolute atomic E-state index is 10.8. The summed E-state index contributed by atoms with van der Waals surface area (Å²) in [4.78, 5) is 10.5. The number of hydrogen-bond acceptors (Lipinski definition) is 3. The zero-order chi connectivity index (χ0) is 11.1. The minimum atomic E-state index is -0.337. The van der Waals surface area contributed by atoms with Gasteiger partial charge in [0.15, 0.2) is 0 Å². The first-order valence-corrected chi connectivity index (χ1v) is 5.80. The molecule has 0 bridgehead atoms. The molecule has 15 heavy (non-hydrogen) atoms. The van der Waals surface area contributed by atoms with E-state index in [4.69, 9.17) is 0 Å². The lowest BCUT2D eigenvalue weighted by atomic mass is 10.2. The molecule has 80 valence electrons. The van der Waals surface area contributed by atoms with Crippen LogP contribution >= 0.6 is 22.6 Å². The Labute approximate surface area is 101 Å². The lowest BCUT2D eigenvalue weighted by molar-refractivity contribution is -0.384. The number of nitro groups is 1. The van der Waals surface area contributed by atoms with Crippen LogP contribution in [0.2, 0.25) is 0 Å². The van der Waals surface area contributed by atoms with E-state index in [2.05, 4.69) is 34.8 Å². The fourth-order valence-electron chi connectivity index (χ4n) is 1.40. The maximum atomic E-state index is 10.8. The van der Waals surface area contributed by atoms with Gasteiger partial charge in [-0.05, 0) is 54.5 Å². The molecule has 0 unspecified atom stereocenters. The smallest absolute Gasteiger partial charge is 0.293 e. The Morgan fingerprint density at radius 3 is 2.73 bits per heavy atom. The quantitative estimate of drug-likeness (QED) is 0.529. The molecule has 0 heterocycles. The third-order valence-electron chi connectivity index (χ3n) is 2.59. The first-order chi connectivity index (χ1) is 7.00. The van der Waals surface area contributed by atoms with E-state index in [1.807, 2.05) is 6.07 Å². The van der Waals surface area contributed by atoms with Gasteiger partial charge in [-0.2, -0.15) is 0 Å². The molecule has 0 aromatic heterocycles.